The fraction of sp³-hybridized carbons (Fsp3) is 0.600. The van der Waals surface area contributed by atoms with Crippen molar-refractivity contribution in [2.45, 2.75) is 76.9 Å². The number of benzene rings is 1. The Bertz CT molecular complexity index is 861. The topological polar surface area (TPSA) is 62.3 Å². The number of nitrogens with zero attached hydrogens (tertiary/aromatic N) is 3. The van der Waals surface area contributed by atoms with E-state index in [1.54, 1.807) is 0 Å². The van der Waals surface area contributed by atoms with Crippen LogP contribution in [0.25, 0.3) is 0 Å². The molecule has 2 aliphatic rings. The van der Waals surface area contributed by atoms with Gasteiger partial charge in [0.25, 0.3) is 0 Å². The maximum Gasteiger partial charge on any atom is 0.225 e. The number of fused-ring (bicyclic) bond motifs is 1. The second-order valence-corrected chi connectivity index (χ2v) is 9.01. The summed E-state index contributed by atoms with van der Waals surface area (Å²) in [5, 5.41) is 7.39. The average Bonchev–Trinajstić information content (AvgIpc) is 2.79. The van der Waals surface area contributed by atoms with E-state index >= 15 is 0 Å². The van der Waals surface area contributed by atoms with Crippen molar-refractivity contribution >= 4 is 11.8 Å². The minimum absolute atomic E-state index is 0.449. The standard InChI is InChI=1S/C25H37N5O/c1-4-31-23-12-8-5-9-18(23)17-26-19-13-15-20(16-14-19)27-25-28-22-11-7-6-10-21(22)24(29-25)30(2)3/h5,8-9,12,19-20,26H,4,6-7,10-11,13-17H2,1-3H3,(H,27,28,29)/t19-,20+. The smallest absolute Gasteiger partial charge is 0.225 e. The van der Waals surface area contributed by atoms with Crippen molar-refractivity contribution in [3.63, 3.8) is 0 Å². The number of aryl methyl sites for hydroxylation is 1. The van der Waals surface area contributed by atoms with Crippen molar-refractivity contribution in [3.05, 3.63) is 41.1 Å². The third kappa shape index (κ3) is 5.48. The van der Waals surface area contributed by atoms with Crippen LogP contribution in [0, 0.1) is 0 Å². The van der Waals surface area contributed by atoms with Gasteiger partial charge in [0.05, 0.1) is 12.3 Å². The first kappa shape index (κ1) is 21.9. The Hall–Kier alpha value is -2.34. The molecular weight excluding hydrogens is 386 g/mol. The molecule has 6 heteroatoms. The third-order valence-corrected chi connectivity index (χ3v) is 6.50. The summed E-state index contributed by atoms with van der Waals surface area (Å²) in [6.45, 7) is 3.60. The number of nitrogens with one attached hydrogen (secondary N) is 2. The largest absolute Gasteiger partial charge is 0.494 e. The van der Waals surface area contributed by atoms with Crippen LogP contribution in [0.4, 0.5) is 11.8 Å². The summed E-state index contributed by atoms with van der Waals surface area (Å²) in [6.07, 6.45) is 9.28. The van der Waals surface area contributed by atoms with E-state index in [0.29, 0.717) is 18.7 Å². The van der Waals surface area contributed by atoms with Crippen molar-refractivity contribution < 1.29 is 4.74 Å². The van der Waals surface area contributed by atoms with Gasteiger partial charge in [-0.15, -0.1) is 0 Å². The van der Waals surface area contributed by atoms with Crippen LogP contribution >= 0.6 is 0 Å². The van der Waals surface area contributed by atoms with Crippen LogP contribution < -0.4 is 20.3 Å². The molecule has 168 valence electrons. The highest BCUT2D eigenvalue weighted by molar-refractivity contribution is 5.53. The van der Waals surface area contributed by atoms with Crippen LogP contribution in [0.1, 0.15) is 62.3 Å². The Labute approximate surface area is 186 Å². The molecule has 0 saturated heterocycles. The highest BCUT2D eigenvalue weighted by atomic mass is 16.5. The molecule has 0 bridgehead atoms. The van der Waals surface area contributed by atoms with Gasteiger partial charge in [0, 0.05) is 43.9 Å². The summed E-state index contributed by atoms with van der Waals surface area (Å²) in [5.41, 5.74) is 3.83. The molecule has 1 fully saturated rings. The summed E-state index contributed by atoms with van der Waals surface area (Å²) in [7, 11) is 4.17. The molecule has 1 heterocycles. The maximum atomic E-state index is 5.76. The van der Waals surface area contributed by atoms with E-state index in [-0.39, 0.29) is 0 Å². The molecule has 0 spiro atoms. The fourth-order valence-electron chi connectivity index (χ4n) is 4.83. The lowest BCUT2D eigenvalue weighted by Crippen LogP contribution is -2.37. The van der Waals surface area contributed by atoms with Crippen molar-refractivity contribution in [1.29, 1.82) is 0 Å². The highest BCUT2D eigenvalue weighted by Gasteiger charge is 2.24. The van der Waals surface area contributed by atoms with Crippen LogP contribution in [0.15, 0.2) is 24.3 Å². The number of aromatic nitrogens is 2. The quantitative estimate of drug-likeness (QED) is 0.659. The second kappa shape index (κ2) is 10.3. The van der Waals surface area contributed by atoms with Gasteiger partial charge < -0.3 is 20.3 Å². The van der Waals surface area contributed by atoms with Gasteiger partial charge >= 0.3 is 0 Å². The Morgan fingerprint density at radius 1 is 1.00 bits per heavy atom. The van der Waals surface area contributed by atoms with Crippen molar-refractivity contribution in [3.8, 4) is 5.75 Å². The summed E-state index contributed by atoms with van der Waals surface area (Å²) >= 11 is 0. The predicted octanol–water partition coefficient (Wildman–Crippen LogP) is 4.33. The summed E-state index contributed by atoms with van der Waals surface area (Å²) in [6, 6.07) is 9.33. The van der Waals surface area contributed by atoms with Gasteiger partial charge in [-0.25, -0.2) is 4.98 Å². The molecule has 0 unspecified atom stereocenters. The summed E-state index contributed by atoms with van der Waals surface area (Å²) in [5.74, 6) is 2.90. The van der Waals surface area contributed by atoms with Gasteiger partial charge in [-0.3, -0.25) is 0 Å². The number of anilines is 2. The number of para-hydroxylation sites is 1. The molecule has 0 aliphatic heterocycles. The minimum atomic E-state index is 0.449. The first-order valence-electron chi connectivity index (χ1n) is 11.9. The van der Waals surface area contributed by atoms with E-state index in [9.17, 15) is 0 Å². The predicted molar refractivity (Wildman–Crippen MR) is 127 cm³/mol. The molecule has 6 nitrogen and oxygen atoms in total. The Kier molecular flexibility index (Phi) is 7.28. The summed E-state index contributed by atoms with van der Waals surface area (Å²) in [4.78, 5) is 11.9. The number of rotatable bonds is 8. The zero-order valence-electron chi connectivity index (χ0n) is 19.3. The van der Waals surface area contributed by atoms with E-state index < -0.39 is 0 Å². The maximum absolute atomic E-state index is 5.76. The van der Waals surface area contributed by atoms with Gasteiger partial charge in [0.2, 0.25) is 5.95 Å². The molecule has 31 heavy (non-hydrogen) atoms. The molecule has 0 atom stereocenters. The molecule has 1 saturated carbocycles. The monoisotopic (exact) mass is 423 g/mol. The molecule has 2 N–H and O–H groups in total. The normalized spacial score (nSPS) is 20.7. The molecule has 0 amide bonds. The van der Waals surface area contributed by atoms with Gasteiger partial charge in [-0.2, -0.15) is 4.98 Å². The fourth-order valence-corrected chi connectivity index (χ4v) is 4.83. The van der Waals surface area contributed by atoms with Crippen LogP contribution in [-0.4, -0.2) is 42.8 Å². The molecule has 2 aromatic rings. The number of hydrogen-bond donors (Lipinski definition) is 2. The zero-order chi connectivity index (χ0) is 21.6. The number of hydrogen-bond acceptors (Lipinski definition) is 6. The Morgan fingerprint density at radius 3 is 2.52 bits per heavy atom. The van der Waals surface area contributed by atoms with Crippen molar-refractivity contribution in [2.24, 2.45) is 0 Å². The summed E-state index contributed by atoms with van der Waals surface area (Å²) < 4.78 is 5.76. The molecule has 1 aromatic heterocycles. The van der Waals surface area contributed by atoms with Crippen molar-refractivity contribution in [2.75, 3.05) is 30.9 Å². The van der Waals surface area contributed by atoms with Crippen LogP contribution in [0.2, 0.25) is 0 Å². The third-order valence-electron chi connectivity index (χ3n) is 6.50. The molecule has 4 rings (SSSR count). The average molecular weight is 424 g/mol. The second-order valence-electron chi connectivity index (χ2n) is 9.01. The molecule has 0 radical (unpaired) electrons. The minimum Gasteiger partial charge on any atom is -0.494 e. The van der Waals surface area contributed by atoms with E-state index in [4.69, 9.17) is 14.7 Å². The molecular formula is C25H37N5O. The van der Waals surface area contributed by atoms with Gasteiger partial charge in [-0.05, 0) is 64.4 Å². The Morgan fingerprint density at radius 2 is 1.74 bits per heavy atom. The van der Waals surface area contributed by atoms with E-state index in [0.717, 1.165) is 49.7 Å². The van der Waals surface area contributed by atoms with Crippen molar-refractivity contribution in [1.82, 2.24) is 15.3 Å². The first-order valence-corrected chi connectivity index (χ1v) is 11.9. The lowest BCUT2D eigenvalue weighted by atomic mass is 9.91. The van der Waals surface area contributed by atoms with Crippen LogP contribution in [-0.2, 0) is 19.4 Å². The van der Waals surface area contributed by atoms with Gasteiger partial charge in [0.15, 0.2) is 0 Å². The lowest BCUT2D eigenvalue weighted by molar-refractivity contribution is 0.327. The van der Waals surface area contributed by atoms with Gasteiger partial charge in [0.1, 0.15) is 11.6 Å². The molecule has 2 aliphatic carbocycles. The SMILES string of the molecule is CCOc1ccccc1CN[C@H]1CC[C@@H](Nc2nc3c(c(N(C)C)n2)CCCC3)CC1. The van der Waals surface area contributed by atoms with E-state index in [1.165, 1.54) is 42.5 Å². The Balaban J connectivity index is 1.31. The van der Waals surface area contributed by atoms with E-state index in [1.807, 2.05) is 13.0 Å². The lowest BCUT2D eigenvalue weighted by Gasteiger charge is -2.31. The first-order chi connectivity index (χ1) is 15.1. The molecule has 1 aromatic carbocycles. The van der Waals surface area contributed by atoms with Gasteiger partial charge in [-0.1, -0.05) is 18.2 Å². The zero-order valence-corrected chi connectivity index (χ0v) is 19.3. The van der Waals surface area contributed by atoms with Crippen LogP contribution in [0.3, 0.4) is 0 Å². The van der Waals surface area contributed by atoms with E-state index in [2.05, 4.69) is 47.8 Å². The van der Waals surface area contributed by atoms with Crippen LogP contribution in [0.5, 0.6) is 5.75 Å². The highest BCUT2D eigenvalue weighted by Crippen LogP contribution is 2.29. The number of ether oxygens (including phenoxy) is 1.